The van der Waals surface area contributed by atoms with Gasteiger partial charge in [0.25, 0.3) is 0 Å². The molecule has 5 heteroatoms. The van der Waals surface area contributed by atoms with Gasteiger partial charge >= 0.3 is 6.18 Å². The van der Waals surface area contributed by atoms with Gasteiger partial charge in [-0.05, 0) is 38.5 Å². The maximum absolute atomic E-state index is 12.8. The largest absolute Gasteiger partial charge is 0.416 e. The molecule has 1 N–H and O–H groups in total. The number of hydrogen-bond acceptors (Lipinski definition) is 1. The minimum Gasteiger partial charge on any atom is -0.393 e. The molecule has 1 aromatic carbocycles. The summed E-state index contributed by atoms with van der Waals surface area (Å²) in [5.41, 5.74) is 0.788. The third kappa shape index (κ3) is 2.82. The molecule has 20 heavy (non-hydrogen) atoms. The van der Waals surface area contributed by atoms with Crippen LogP contribution in [0.2, 0.25) is 0 Å². The molecule has 0 aliphatic heterocycles. The molecule has 1 aromatic heterocycles. The lowest BCUT2D eigenvalue weighted by Gasteiger charge is -2.11. The number of aliphatic hydroxyl groups excluding tert-OH is 1. The van der Waals surface area contributed by atoms with Gasteiger partial charge in [0.15, 0.2) is 0 Å². The fourth-order valence-corrected chi connectivity index (χ4v) is 2.41. The van der Waals surface area contributed by atoms with E-state index in [0.29, 0.717) is 11.9 Å². The van der Waals surface area contributed by atoms with Crippen LogP contribution in [0.4, 0.5) is 13.2 Å². The van der Waals surface area contributed by atoms with Crippen molar-refractivity contribution in [3.8, 4) is 0 Å². The summed E-state index contributed by atoms with van der Waals surface area (Å²) in [6, 6.07) is 3.83. The highest BCUT2D eigenvalue weighted by Gasteiger charge is 2.31. The van der Waals surface area contributed by atoms with E-state index in [1.165, 1.54) is 12.1 Å². The van der Waals surface area contributed by atoms with Crippen molar-refractivity contribution in [2.45, 2.75) is 45.5 Å². The van der Waals surface area contributed by atoms with Crippen LogP contribution in [0.3, 0.4) is 0 Å². The van der Waals surface area contributed by atoms with E-state index in [0.717, 1.165) is 17.0 Å². The van der Waals surface area contributed by atoms with Crippen LogP contribution in [-0.4, -0.2) is 15.8 Å². The number of rotatable bonds is 3. The van der Waals surface area contributed by atoms with Crippen LogP contribution in [0.25, 0.3) is 10.9 Å². The maximum Gasteiger partial charge on any atom is 0.416 e. The van der Waals surface area contributed by atoms with Gasteiger partial charge in [0.1, 0.15) is 0 Å². The van der Waals surface area contributed by atoms with Crippen LogP contribution in [0.15, 0.2) is 24.4 Å². The Morgan fingerprint density at radius 2 is 1.85 bits per heavy atom. The van der Waals surface area contributed by atoms with Gasteiger partial charge in [-0.1, -0.05) is 6.07 Å². The summed E-state index contributed by atoms with van der Waals surface area (Å²) in [7, 11) is 0. The summed E-state index contributed by atoms with van der Waals surface area (Å²) < 4.78 is 40.3. The Balaban J connectivity index is 2.64. The van der Waals surface area contributed by atoms with Crippen molar-refractivity contribution in [1.29, 1.82) is 0 Å². The van der Waals surface area contributed by atoms with Gasteiger partial charge < -0.3 is 9.67 Å². The predicted molar refractivity (Wildman–Crippen MR) is 72.7 cm³/mol. The standard InChI is InChI=1S/C15H18F3NO/c1-9(2)19-8-11(6-10(3)20)13-5-4-12(7-14(13)19)15(16,17)18/h4-5,7-10,20H,6H2,1-3H3. The molecule has 0 saturated heterocycles. The summed E-state index contributed by atoms with van der Waals surface area (Å²) in [6.45, 7) is 5.51. The highest BCUT2D eigenvalue weighted by molar-refractivity contribution is 5.85. The second-order valence-corrected chi connectivity index (χ2v) is 5.44. The van der Waals surface area contributed by atoms with Crippen LogP contribution in [0, 0.1) is 0 Å². The SMILES string of the molecule is CC(O)Cc1cn(C(C)C)c2cc(C(F)(F)F)ccc12. The molecule has 0 aliphatic rings. The Labute approximate surface area is 115 Å². The number of nitrogens with zero attached hydrogens (tertiary/aromatic N) is 1. The van der Waals surface area contributed by atoms with E-state index in [-0.39, 0.29) is 6.04 Å². The summed E-state index contributed by atoms with van der Waals surface area (Å²) in [5, 5.41) is 10.3. The lowest BCUT2D eigenvalue weighted by Crippen LogP contribution is -2.05. The number of halogens is 3. The average Bonchev–Trinajstić information content (AvgIpc) is 2.66. The fraction of sp³-hybridized carbons (Fsp3) is 0.467. The summed E-state index contributed by atoms with van der Waals surface area (Å²) in [4.78, 5) is 0. The number of hydrogen-bond donors (Lipinski definition) is 1. The minimum absolute atomic E-state index is 0.0590. The molecule has 1 atom stereocenters. The third-order valence-electron chi connectivity index (χ3n) is 3.32. The lowest BCUT2D eigenvalue weighted by molar-refractivity contribution is -0.137. The molecule has 2 nitrogen and oxygen atoms in total. The molecule has 0 radical (unpaired) electrons. The molecule has 0 amide bonds. The van der Waals surface area contributed by atoms with Crippen molar-refractivity contribution >= 4 is 10.9 Å². The Morgan fingerprint density at radius 3 is 2.35 bits per heavy atom. The highest BCUT2D eigenvalue weighted by atomic mass is 19.4. The molecule has 0 aliphatic carbocycles. The first-order chi connectivity index (χ1) is 9.20. The van der Waals surface area contributed by atoms with Gasteiger partial charge in [0.05, 0.1) is 11.7 Å². The zero-order valence-electron chi connectivity index (χ0n) is 11.7. The van der Waals surface area contributed by atoms with Gasteiger partial charge in [-0.2, -0.15) is 13.2 Å². The number of alkyl halides is 3. The van der Waals surface area contributed by atoms with Crippen molar-refractivity contribution < 1.29 is 18.3 Å². The van der Waals surface area contributed by atoms with Crippen LogP contribution in [0.1, 0.15) is 37.9 Å². The van der Waals surface area contributed by atoms with Gasteiger partial charge in [-0.15, -0.1) is 0 Å². The molecule has 0 fully saturated rings. The molecule has 0 bridgehead atoms. The first kappa shape index (κ1) is 14.9. The predicted octanol–water partition coefficient (Wildman–Crippen LogP) is 4.16. The van der Waals surface area contributed by atoms with E-state index in [2.05, 4.69) is 0 Å². The van der Waals surface area contributed by atoms with Crippen molar-refractivity contribution in [3.05, 3.63) is 35.5 Å². The molecule has 0 spiro atoms. The van der Waals surface area contributed by atoms with Gasteiger partial charge in [0.2, 0.25) is 0 Å². The smallest absolute Gasteiger partial charge is 0.393 e. The van der Waals surface area contributed by atoms with Gasteiger partial charge in [-0.25, -0.2) is 0 Å². The van der Waals surface area contributed by atoms with Crippen LogP contribution in [-0.2, 0) is 12.6 Å². The summed E-state index contributed by atoms with van der Waals surface area (Å²) in [6.07, 6.45) is -2.60. The van der Waals surface area contributed by atoms with E-state index in [1.54, 1.807) is 6.92 Å². The molecule has 2 rings (SSSR count). The van der Waals surface area contributed by atoms with E-state index in [9.17, 15) is 18.3 Å². The van der Waals surface area contributed by atoms with Crippen molar-refractivity contribution in [2.75, 3.05) is 0 Å². The van der Waals surface area contributed by atoms with Crippen LogP contribution < -0.4 is 0 Å². The Morgan fingerprint density at radius 1 is 1.20 bits per heavy atom. The molecule has 0 saturated carbocycles. The monoisotopic (exact) mass is 285 g/mol. The van der Waals surface area contributed by atoms with E-state index in [1.807, 2.05) is 24.6 Å². The average molecular weight is 285 g/mol. The van der Waals surface area contributed by atoms with E-state index >= 15 is 0 Å². The zero-order chi connectivity index (χ0) is 15.1. The van der Waals surface area contributed by atoms with Gasteiger partial charge in [0, 0.05) is 29.6 Å². The number of benzene rings is 1. The van der Waals surface area contributed by atoms with E-state index in [4.69, 9.17) is 0 Å². The van der Waals surface area contributed by atoms with E-state index < -0.39 is 17.8 Å². The highest BCUT2D eigenvalue weighted by Crippen LogP contribution is 2.34. The Bertz CT molecular complexity index is 611. The molecule has 110 valence electrons. The first-order valence-corrected chi connectivity index (χ1v) is 6.59. The fourth-order valence-electron chi connectivity index (χ4n) is 2.41. The Kier molecular flexibility index (Phi) is 3.82. The van der Waals surface area contributed by atoms with Crippen molar-refractivity contribution in [2.24, 2.45) is 0 Å². The summed E-state index contributed by atoms with van der Waals surface area (Å²) >= 11 is 0. The summed E-state index contributed by atoms with van der Waals surface area (Å²) in [5.74, 6) is 0. The number of aromatic nitrogens is 1. The second kappa shape index (κ2) is 5.13. The molecule has 1 heterocycles. The molecular formula is C15H18F3NO. The number of fused-ring (bicyclic) bond motifs is 1. The first-order valence-electron chi connectivity index (χ1n) is 6.59. The third-order valence-corrected chi connectivity index (χ3v) is 3.32. The van der Waals surface area contributed by atoms with Crippen LogP contribution >= 0.6 is 0 Å². The quantitative estimate of drug-likeness (QED) is 0.899. The minimum atomic E-state index is -4.34. The normalized spacial score (nSPS) is 14.2. The Hall–Kier alpha value is -1.49. The molecule has 2 aromatic rings. The van der Waals surface area contributed by atoms with Crippen LogP contribution in [0.5, 0.6) is 0 Å². The zero-order valence-corrected chi connectivity index (χ0v) is 11.7. The maximum atomic E-state index is 12.8. The van der Waals surface area contributed by atoms with Crippen molar-refractivity contribution in [3.63, 3.8) is 0 Å². The lowest BCUT2D eigenvalue weighted by atomic mass is 10.1. The molecular weight excluding hydrogens is 267 g/mol. The number of aliphatic hydroxyl groups is 1. The second-order valence-electron chi connectivity index (χ2n) is 5.44. The van der Waals surface area contributed by atoms with Gasteiger partial charge in [-0.3, -0.25) is 0 Å². The topological polar surface area (TPSA) is 25.2 Å². The molecule has 1 unspecified atom stereocenters. The van der Waals surface area contributed by atoms with Crippen molar-refractivity contribution in [1.82, 2.24) is 4.57 Å².